The number of carbonyl (C=O) groups is 1. The van der Waals surface area contributed by atoms with Crippen LogP contribution in [0.3, 0.4) is 0 Å². The molecule has 2 amide bonds. The van der Waals surface area contributed by atoms with Crippen LogP contribution in [0.2, 0.25) is 0 Å². The van der Waals surface area contributed by atoms with Crippen molar-refractivity contribution >= 4 is 16.1 Å². The lowest BCUT2D eigenvalue weighted by Gasteiger charge is -2.20. The van der Waals surface area contributed by atoms with Crippen LogP contribution in [0.25, 0.3) is 0 Å². The largest absolute Gasteiger partial charge is 0.351 e. The van der Waals surface area contributed by atoms with Gasteiger partial charge < -0.3 is 10.6 Å². The van der Waals surface area contributed by atoms with Crippen molar-refractivity contribution in [3.8, 4) is 0 Å². The SMILES string of the molecule is NC(=O)N1CCCN(S(=O)(=O)c2ccc(F)cc2)CC1. The number of nitrogens with zero attached hydrogens (tertiary/aromatic N) is 2. The molecular weight excluding hydrogens is 285 g/mol. The summed E-state index contributed by atoms with van der Waals surface area (Å²) in [7, 11) is -3.66. The van der Waals surface area contributed by atoms with Gasteiger partial charge in [0.1, 0.15) is 5.82 Å². The van der Waals surface area contributed by atoms with Crippen molar-refractivity contribution in [1.29, 1.82) is 0 Å². The Hall–Kier alpha value is -1.67. The molecule has 8 heteroatoms. The normalized spacial score (nSPS) is 17.8. The van der Waals surface area contributed by atoms with E-state index in [0.717, 1.165) is 12.1 Å². The van der Waals surface area contributed by atoms with Crippen molar-refractivity contribution in [1.82, 2.24) is 9.21 Å². The van der Waals surface area contributed by atoms with Gasteiger partial charge in [-0.15, -0.1) is 0 Å². The van der Waals surface area contributed by atoms with Crippen molar-refractivity contribution in [2.24, 2.45) is 5.73 Å². The number of benzene rings is 1. The molecule has 1 fully saturated rings. The molecule has 0 unspecified atom stereocenters. The van der Waals surface area contributed by atoms with Crippen molar-refractivity contribution in [2.45, 2.75) is 11.3 Å². The number of rotatable bonds is 2. The molecule has 2 N–H and O–H groups in total. The van der Waals surface area contributed by atoms with Crippen LogP contribution in [-0.4, -0.2) is 49.8 Å². The Labute approximate surface area is 117 Å². The highest BCUT2D eigenvalue weighted by atomic mass is 32.2. The Morgan fingerprint density at radius 1 is 1.10 bits per heavy atom. The highest BCUT2D eigenvalue weighted by molar-refractivity contribution is 7.89. The van der Waals surface area contributed by atoms with Gasteiger partial charge in [-0.3, -0.25) is 0 Å². The molecule has 0 saturated carbocycles. The van der Waals surface area contributed by atoms with Crippen molar-refractivity contribution < 1.29 is 17.6 Å². The molecule has 110 valence electrons. The molecule has 0 bridgehead atoms. The highest BCUT2D eigenvalue weighted by Gasteiger charge is 2.27. The zero-order valence-electron chi connectivity index (χ0n) is 10.8. The third-order valence-corrected chi connectivity index (χ3v) is 5.13. The molecule has 0 radical (unpaired) electrons. The van der Waals surface area contributed by atoms with E-state index in [1.165, 1.54) is 21.3 Å². The summed E-state index contributed by atoms with van der Waals surface area (Å²) in [6, 6.07) is 4.15. The monoisotopic (exact) mass is 301 g/mol. The molecule has 20 heavy (non-hydrogen) atoms. The second kappa shape index (κ2) is 5.76. The van der Waals surface area contributed by atoms with Crippen molar-refractivity contribution in [3.63, 3.8) is 0 Å². The van der Waals surface area contributed by atoms with Crippen LogP contribution < -0.4 is 5.73 Å². The number of primary amides is 1. The van der Waals surface area contributed by atoms with E-state index in [1.54, 1.807) is 0 Å². The Kier molecular flexibility index (Phi) is 4.24. The molecule has 0 atom stereocenters. The second-order valence-electron chi connectivity index (χ2n) is 4.54. The molecule has 2 rings (SSSR count). The molecule has 1 aromatic rings. The quantitative estimate of drug-likeness (QED) is 0.868. The number of carbonyl (C=O) groups excluding carboxylic acids is 1. The fourth-order valence-electron chi connectivity index (χ4n) is 2.11. The number of hydrogen-bond donors (Lipinski definition) is 1. The second-order valence-corrected chi connectivity index (χ2v) is 6.47. The van der Waals surface area contributed by atoms with Crippen LogP contribution in [0.4, 0.5) is 9.18 Å². The zero-order chi connectivity index (χ0) is 14.8. The van der Waals surface area contributed by atoms with Gasteiger partial charge >= 0.3 is 6.03 Å². The van der Waals surface area contributed by atoms with Crippen LogP contribution >= 0.6 is 0 Å². The van der Waals surface area contributed by atoms with Gasteiger partial charge in [0.25, 0.3) is 0 Å². The maximum absolute atomic E-state index is 12.9. The molecule has 0 aromatic heterocycles. The first-order valence-corrected chi connectivity index (χ1v) is 7.65. The van der Waals surface area contributed by atoms with E-state index in [1.807, 2.05) is 0 Å². The summed E-state index contributed by atoms with van der Waals surface area (Å²) in [5, 5.41) is 0. The lowest BCUT2D eigenvalue weighted by molar-refractivity contribution is 0.210. The van der Waals surface area contributed by atoms with Gasteiger partial charge in [0, 0.05) is 26.2 Å². The van der Waals surface area contributed by atoms with E-state index in [2.05, 4.69) is 0 Å². The molecule has 1 heterocycles. The first-order chi connectivity index (χ1) is 9.41. The molecular formula is C12H16FN3O3S. The van der Waals surface area contributed by atoms with Crippen molar-refractivity contribution in [2.75, 3.05) is 26.2 Å². The molecule has 0 spiro atoms. The van der Waals surface area contributed by atoms with E-state index >= 15 is 0 Å². The first-order valence-electron chi connectivity index (χ1n) is 6.21. The lowest BCUT2D eigenvalue weighted by Crippen LogP contribution is -2.39. The van der Waals surface area contributed by atoms with Gasteiger partial charge in [-0.05, 0) is 30.7 Å². The Morgan fingerprint density at radius 3 is 2.35 bits per heavy atom. The number of hydrogen-bond acceptors (Lipinski definition) is 3. The average Bonchev–Trinajstić information content (AvgIpc) is 2.65. The number of sulfonamides is 1. The van der Waals surface area contributed by atoms with Gasteiger partial charge in [-0.25, -0.2) is 17.6 Å². The van der Waals surface area contributed by atoms with Crippen molar-refractivity contribution in [3.05, 3.63) is 30.1 Å². The average molecular weight is 301 g/mol. The van der Waals surface area contributed by atoms with E-state index in [9.17, 15) is 17.6 Å². The molecule has 1 saturated heterocycles. The van der Waals surface area contributed by atoms with Gasteiger partial charge in [-0.2, -0.15) is 4.31 Å². The first kappa shape index (κ1) is 14.7. The summed E-state index contributed by atoms with van der Waals surface area (Å²) in [6.07, 6.45) is 0.517. The maximum atomic E-state index is 12.9. The lowest BCUT2D eigenvalue weighted by atomic mass is 10.4. The highest BCUT2D eigenvalue weighted by Crippen LogP contribution is 2.18. The number of halogens is 1. The minimum Gasteiger partial charge on any atom is -0.351 e. The Morgan fingerprint density at radius 2 is 1.75 bits per heavy atom. The smallest absolute Gasteiger partial charge is 0.314 e. The summed E-state index contributed by atoms with van der Waals surface area (Å²) in [4.78, 5) is 12.6. The van der Waals surface area contributed by atoms with Crippen LogP contribution in [0.15, 0.2) is 29.2 Å². The van der Waals surface area contributed by atoms with Crippen LogP contribution in [0.1, 0.15) is 6.42 Å². The summed E-state index contributed by atoms with van der Waals surface area (Å²) in [5.41, 5.74) is 5.20. The van der Waals surface area contributed by atoms with E-state index in [4.69, 9.17) is 5.73 Å². The zero-order valence-corrected chi connectivity index (χ0v) is 11.6. The van der Waals surface area contributed by atoms with Gasteiger partial charge in [-0.1, -0.05) is 0 Å². The molecule has 1 aliphatic heterocycles. The van der Waals surface area contributed by atoms with Gasteiger partial charge in [0.15, 0.2) is 0 Å². The third-order valence-electron chi connectivity index (χ3n) is 3.22. The fourth-order valence-corrected chi connectivity index (χ4v) is 3.58. The summed E-state index contributed by atoms with van der Waals surface area (Å²) in [6.45, 7) is 1.19. The third kappa shape index (κ3) is 3.07. The Bertz CT molecular complexity index is 588. The fraction of sp³-hybridized carbons (Fsp3) is 0.417. The van der Waals surface area contributed by atoms with Crippen LogP contribution in [-0.2, 0) is 10.0 Å². The van der Waals surface area contributed by atoms with Gasteiger partial charge in [0.05, 0.1) is 4.90 Å². The summed E-state index contributed by atoms with van der Waals surface area (Å²) in [5.74, 6) is -0.486. The summed E-state index contributed by atoms with van der Waals surface area (Å²) >= 11 is 0. The van der Waals surface area contributed by atoms with E-state index in [-0.39, 0.29) is 18.0 Å². The Balaban J connectivity index is 2.18. The molecule has 1 aromatic carbocycles. The predicted molar refractivity (Wildman–Crippen MR) is 70.9 cm³/mol. The predicted octanol–water partition coefficient (Wildman–Crippen LogP) is 0.601. The standard InChI is InChI=1S/C12H16FN3O3S/c13-10-2-4-11(5-3-10)20(18,19)16-7-1-6-15(8-9-16)12(14)17/h2-5H,1,6-9H2,(H2,14,17). The molecule has 6 nitrogen and oxygen atoms in total. The van der Waals surface area contributed by atoms with Crippen LogP contribution in [0.5, 0.6) is 0 Å². The minimum absolute atomic E-state index is 0.0476. The number of nitrogens with two attached hydrogens (primary N) is 1. The topological polar surface area (TPSA) is 83.7 Å². The number of urea groups is 1. The molecule has 0 aliphatic carbocycles. The number of amides is 2. The van der Waals surface area contributed by atoms with E-state index < -0.39 is 21.9 Å². The van der Waals surface area contributed by atoms with Crippen LogP contribution in [0, 0.1) is 5.82 Å². The maximum Gasteiger partial charge on any atom is 0.314 e. The summed E-state index contributed by atoms with van der Waals surface area (Å²) < 4.78 is 38.9. The molecule has 1 aliphatic rings. The minimum atomic E-state index is -3.66. The van der Waals surface area contributed by atoms with E-state index in [0.29, 0.717) is 19.5 Å². The van der Waals surface area contributed by atoms with Gasteiger partial charge in [0.2, 0.25) is 10.0 Å².